The second-order valence-electron chi connectivity index (χ2n) is 5.38. The summed E-state index contributed by atoms with van der Waals surface area (Å²) >= 11 is 1.53. The van der Waals surface area contributed by atoms with Crippen LogP contribution < -0.4 is 5.32 Å². The summed E-state index contributed by atoms with van der Waals surface area (Å²) < 4.78 is 7.06. The van der Waals surface area contributed by atoms with Crippen molar-refractivity contribution in [2.75, 3.05) is 11.9 Å². The van der Waals surface area contributed by atoms with Crippen molar-refractivity contribution in [1.82, 2.24) is 19.5 Å². The highest BCUT2D eigenvalue weighted by molar-refractivity contribution is 7.14. The molecule has 0 unspecified atom stereocenters. The predicted octanol–water partition coefficient (Wildman–Crippen LogP) is 0.243. The summed E-state index contributed by atoms with van der Waals surface area (Å²) in [7, 11) is 0. The van der Waals surface area contributed by atoms with E-state index in [-0.39, 0.29) is 6.61 Å². The molecule has 4 atom stereocenters. The zero-order valence-electron chi connectivity index (χ0n) is 12.4. The summed E-state index contributed by atoms with van der Waals surface area (Å²) in [6.07, 6.45) is -1.25. The molecule has 0 aromatic carbocycles. The number of nitrogens with one attached hydrogen (secondary N) is 1. The van der Waals surface area contributed by atoms with Gasteiger partial charge in [-0.3, -0.25) is 4.57 Å². The van der Waals surface area contributed by atoms with Crippen LogP contribution in [0.1, 0.15) is 6.23 Å². The van der Waals surface area contributed by atoms with Crippen LogP contribution in [0.3, 0.4) is 0 Å². The van der Waals surface area contributed by atoms with Crippen molar-refractivity contribution in [3.63, 3.8) is 0 Å². The van der Waals surface area contributed by atoms with Crippen LogP contribution in [0, 0.1) is 0 Å². The summed E-state index contributed by atoms with van der Waals surface area (Å²) in [5.74, 6) is 0.535. The molecule has 10 heteroatoms. The smallest absolute Gasteiger partial charge is 0.167 e. The van der Waals surface area contributed by atoms with E-state index in [2.05, 4.69) is 20.3 Å². The number of rotatable bonds is 4. The Hall–Kier alpha value is -2.11. The minimum Gasteiger partial charge on any atom is -0.394 e. The lowest BCUT2D eigenvalue weighted by Gasteiger charge is -2.16. The normalized spacial score (nSPS) is 27.0. The zero-order chi connectivity index (χ0) is 16.7. The largest absolute Gasteiger partial charge is 0.394 e. The van der Waals surface area contributed by atoms with E-state index in [1.807, 2.05) is 17.5 Å². The first-order valence-corrected chi connectivity index (χ1v) is 8.17. The molecule has 0 bridgehead atoms. The number of aromatic nitrogens is 4. The van der Waals surface area contributed by atoms with Gasteiger partial charge in [-0.2, -0.15) is 0 Å². The Labute approximate surface area is 140 Å². The lowest BCUT2D eigenvalue weighted by atomic mass is 10.1. The molecule has 3 aromatic rings. The molecule has 3 aromatic heterocycles. The van der Waals surface area contributed by atoms with E-state index in [1.54, 1.807) is 0 Å². The molecule has 24 heavy (non-hydrogen) atoms. The van der Waals surface area contributed by atoms with Crippen molar-refractivity contribution < 1.29 is 20.1 Å². The Bertz CT molecular complexity index is 839. The fourth-order valence-corrected chi connectivity index (χ4v) is 3.32. The van der Waals surface area contributed by atoms with Crippen LogP contribution in [-0.2, 0) is 4.74 Å². The SMILES string of the molecule is OC[C@H]1O[C@@H](n2cnc3c(Nc4cccs4)ncnc32)[C@H](O)[C@@H]1O. The minimum absolute atomic E-state index is 0.387. The monoisotopic (exact) mass is 349 g/mol. The number of aliphatic hydroxyl groups is 3. The average Bonchev–Trinajstić information content (AvgIpc) is 3.30. The Morgan fingerprint density at radius 3 is 2.83 bits per heavy atom. The Morgan fingerprint density at radius 1 is 1.25 bits per heavy atom. The third-order valence-corrected chi connectivity index (χ3v) is 4.70. The second kappa shape index (κ2) is 6.07. The number of thiophene rings is 1. The number of hydrogen-bond acceptors (Lipinski definition) is 9. The fraction of sp³-hybridized carbons (Fsp3) is 0.357. The average molecular weight is 349 g/mol. The van der Waals surface area contributed by atoms with E-state index in [1.165, 1.54) is 28.6 Å². The second-order valence-corrected chi connectivity index (χ2v) is 6.33. The van der Waals surface area contributed by atoms with Gasteiger partial charge >= 0.3 is 0 Å². The van der Waals surface area contributed by atoms with E-state index >= 15 is 0 Å². The van der Waals surface area contributed by atoms with Crippen LogP contribution in [0.25, 0.3) is 11.2 Å². The quantitative estimate of drug-likeness (QED) is 0.528. The number of ether oxygens (including phenoxy) is 1. The van der Waals surface area contributed by atoms with Crippen molar-refractivity contribution in [1.29, 1.82) is 0 Å². The third kappa shape index (κ3) is 2.44. The van der Waals surface area contributed by atoms with Crippen molar-refractivity contribution in [3.8, 4) is 0 Å². The molecule has 126 valence electrons. The Morgan fingerprint density at radius 2 is 2.12 bits per heavy atom. The number of nitrogens with zero attached hydrogens (tertiary/aromatic N) is 4. The molecule has 1 fully saturated rings. The highest BCUT2D eigenvalue weighted by atomic mass is 32.1. The number of fused-ring (bicyclic) bond motifs is 1. The number of anilines is 2. The van der Waals surface area contributed by atoms with Gasteiger partial charge in [-0.15, -0.1) is 11.3 Å². The van der Waals surface area contributed by atoms with Crippen molar-refractivity contribution in [3.05, 3.63) is 30.2 Å². The maximum absolute atomic E-state index is 10.2. The van der Waals surface area contributed by atoms with Gasteiger partial charge in [0.15, 0.2) is 23.2 Å². The first-order valence-electron chi connectivity index (χ1n) is 7.29. The van der Waals surface area contributed by atoms with E-state index in [9.17, 15) is 15.3 Å². The Balaban J connectivity index is 1.71. The number of hydrogen-bond donors (Lipinski definition) is 4. The maximum atomic E-state index is 10.2. The summed E-state index contributed by atoms with van der Waals surface area (Å²) in [4.78, 5) is 12.7. The number of imidazole rings is 1. The van der Waals surface area contributed by atoms with Crippen LogP contribution in [-0.4, -0.2) is 59.8 Å². The van der Waals surface area contributed by atoms with Crippen LogP contribution in [0.2, 0.25) is 0 Å². The molecule has 4 heterocycles. The van der Waals surface area contributed by atoms with Crippen LogP contribution in [0.4, 0.5) is 10.8 Å². The molecular weight excluding hydrogens is 334 g/mol. The molecule has 4 rings (SSSR count). The first kappa shape index (κ1) is 15.4. The van der Waals surface area contributed by atoms with E-state index < -0.39 is 24.5 Å². The van der Waals surface area contributed by atoms with Gasteiger partial charge in [0, 0.05) is 0 Å². The van der Waals surface area contributed by atoms with E-state index in [0.29, 0.717) is 17.0 Å². The van der Waals surface area contributed by atoms with Crippen LogP contribution in [0.15, 0.2) is 30.2 Å². The number of aliphatic hydroxyl groups excluding tert-OH is 3. The van der Waals surface area contributed by atoms with Crippen LogP contribution >= 0.6 is 11.3 Å². The minimum atomic E-state index is -1.19. The molecule has 0 radical (unpaired) electrons. The summed E-state index contributed by atoms with van der Waals surface area (Å²) in [5.41, 5.74) is 0.975. The lowest BCUT2D eigenvalue weighted by molar-refractivity contribution is -0.0511. The molecule has 9 nitrogen and oxygen atoms in total. The van der Waals surface area contributed by atoms with Gasteiger partial charge in [0.2, 0.25) is 0 Å². The lowest BCUT2D eigenvalue weighted by Crippen LogP contribution is -2.33. The molecule has 0 amide bonds. The molecule has 4 N–H and O–H groups in total. The van der Waals surface area contributed by atoms with Crippen molar-refractivity contribution >= 4 is 33.3 Å². The summed E-state index contributed by atoms with van der Waals surface area (Å²) in [6.45, 7) is -0.387. The standard InChI is InChI=1S/C14H15N5O4S/c20-4-7-10(21)11(22)14(23-7)19-6-17-9-12(15-5-16-13(9)19)18-8-2-1-3-24-8/h1-3,5-7,10-11,14,20-22H,4H2,(H,15,16,18)/t7-,10-,11-,14-/m1/s1. The van der Waals surface area contributed by atoms with Gasteiger partial charge in [-0.05, 0) is 17.5 Å². The fourth-order valence-electron chi connectivity index (χ4n) is 2.71. The molecule has 1 saturated heterocycles. The third-order valence-electron chi connectivity index (χ3n) is 3.91. The highest BCUT2D eigenvalue weighted by Crippen LogP contribution is 2.32. The van der Waals surface area contributed by atoms with E-state index in [0.717, 1.165) is 5.00 Å². The molecule has 0 saturated carbocycles. The van der Waals surface area contributed by atoms with Gasteiger partial charge in [-0.1, -0.05) is 0 Å². The van der Waals surface area contributed by atoms with Crippen molar-refractivity contribution in [2.45, 2.75) is 24.5 Å². The van der Waals surface area contributed by atoms with Crippen molar-refractivity contribution in [2.24, 2.45) is 0 Å². The molecule has 1 aliphatic heterocycles. The summed E-state index contributed by atoms with van der Waals surface area (Å²) in [6, 6.07) is 3.84. The van der Waals surface area contributed by atoms with E-state index in [4.69, 9.17) is 4.74 Å². The van der Waals surface area contributed by atoms with Gasteiger partial charge < -0.3 is 25.4 Å². The van der Waals surface area contributed by atoms with Gasteiger partial charge in [0.25, 0.3) is 0 Å². The molecular formula is C14H15N5O4S. The predicted molar refractivity (Wildman–Crippen MR) is 85.9 cm³/mol. The molecule has 1 aliphatic rings. The zero-order valence-corrected chi connectivity index (χ0v) is 13.2. The topological polar surface area (TPSA) is 126 Å². The summed E-state index contributed by atoms with van der Waals surface area (Å²) in [5, 5.41) is 35.3. The Kier molecular flexibility index (Phi) is 3.90. The van der Waals surface area contributed by atoms with Crippen LogP contribution in [0.5, 0.6) is 0 Å². The maximum Gasteiger partial charge on any atom is 0.167 e. The first-order chi connectivity index (χ1) is 11.7. The highest BCUT2D eigenvalue weighted by Gasteiger charge is 2.44. The molecule has 0 aliphatic carbocycles. The molecule has 0 spiro atoms. The van der Waals surface area contributed by atoms with Gasteiger partial charge in [0.1, 0.15) is 24.6 Å². The van der Waals surface area contributed by atoms with Gasteiger partial charge in [-0.25, -0.2) is 15.0 Å². The van der Waals surface area contributed by atoms with Gasteiger partial charge in [0.05, 0.1) is 17.9 Å².